The number of β-amino-alcohol motifs (C(OH)–C–C–N with tert-alkyl or cyclic N) is 1. The standard InChI is InChI=1S/C31H35BrN2O5S/c1-3-5-6-9-17-39-30(38)24-25-28(36)34(15-16-35)27(31(25)19-23(32)26(24)40-31)29(37)33(14-4-2)22-13-12-20-10-7-8-11-21(20)18-22/h3-4,7-8,10-13,18,23-27,35H,1-2,5-6,9,14-17,19H2/t23?,24-,25-,26-,27?,31?/m0/s1. The molecule has 1 spiro atoms. The van der Waals surface area contributed by atoms with Crippen molar-refractivity contribution < 1.29 is 24.2 Å². The van der Waals surface area contributed by atoms with Crippen LogP contribution in [-0.2, 0) is 19.1 Å². The molecule has 3 unspecified atom stereocenters. The van der Waals surface area contributed by atoms with Crippen LogP contribution in [0.4, 0.5) is 5.69 Å². The molecule has 0 aromatic heterocycles. The van der Waals surface area contributed by atoms with E-state index in [1.54, 1.807) is 22.7 Å². The summed E-state index contributed by atoms with van der Waals surface area (Å²) in [5, 5.41) is 11.8. The fourth-order valence-electron chi connectivity index (χ4n) is 6.63. The molecule has 6 atom stereocenters. The largest absolute Gasteiger partial charge is 0.465 e. The maximum absolute atomic E-state index is 14.5. The lowest BCUT2D eigenvalue weighted by Crippen LogP contribution is -2.56. The van der Waals surface area contributed by atoms with Crippen molar-refractivity contribution in [2.75, 3.05) is 31.2 Å². The van der Waals surface area contributed by atoms with Crippen molar-refractivity contribution in [3.8, 4) is 0 Å². The molecule has 7 nitrogen and oxygen atoms in total. The molecule has 2 aromatic carbocycles. The number of aliphatic hydroxyl groups is 1. The minimum absolute atomic E-state index is 0.0225. The molecule has 9 heteroatoms. The Morgan fingerprint density at radius 1 is 1.18 bits per heavy atom. The minimum atomic E-state index is -0.830. The number of carbonyl (C=O) groups excluding carboxylic acids is 3. The lowest BCUT2D eigenvalue weighted by atomic mass is 9.71. The monoisotopic (exact) mass is 626 g/mol. The van der Waals surface area contributed by atoms with E-state index >= 15 is 0 Å². The Morgan fingerprint density at radius 2 is 1.95 bits per heavy atom. The fourth-order valence-corrected chi connectivity index (χ4v) is 10.2. The summed E-state index contributed by atoms with van der Waals surface area (Å²) in [6.45, 7) is 7.90. The molecule has 2 amide bonds. The van der Waals surface area contributed by atoms with Gasteiger partial charge < -0.3 is 19.6 Å². The molecule has 3 aliphatic heterocycles. The van der Waals surface area contributed by atoms with Crippen LogP contribution in [0.5, 0.6) is 0 Å². The molecule has 40 heavy (non-hydrogen) atoms. The molecule has 0 saturated carbocycles. The topological polar surface area (TPSA) is 87.1 Å². The van der Waals surface area contributed by atoms with Gasteiger partial charge in [-0.1, -0.05) is 58.4 Å². The van der Waals surface area contributed by atoms with Crippen LogP contribution in [0.3, 0.4) is 0 Å². The number of alkyl halides is 1. The molecular formula is C31H35BrN2O5S. The molecule has 3 heterocycles. The van der Waals surface area contributed by atoms with Gasteiger partial charge in [0.05, 0.1) is 29.8 Å². The van der Waals surface area contributed by atoms with Crippen LogP contribution >= 0.6 is 27.7 Å². The predicted molar refractivity (Wildman–Crippen MR) is 163 cm³/mol. The normalized spacial score (nSPS) is 28.5. The Balaban J connectivity index is 1.48. The number of aliphatic hydroxyl groups excluding tert-OH is 1. The fraction of sp³-hybridized carbons (Fsp3) is 0.452. The first-order valence-electron chi connectivity index (χ1n) is 13.8. The SMILES string of the molecule is C=CCCCCOC(=O)[C@H]1[C@H]2C(=O)N(CCO)C(C(=O)N(CC=C)c3ccc4ccccc4c3)C23CC(Br)[C@@H]1S3. The predicted octanol–water partition coefficient (Wildman–Crippen LogP) is 4.72. The number of likely N-dealkylation sites (tertiary alicyclic amines) is 1. The Bertz CT molecular complexity index is 1320. The van der Waals surface area contributed by atoms with Gasteiger partial charge in [-0.05, 0) is 48.6 Å². The molecule has 2 bridgehead atoms. The number of nitrogens with zero attached hydrogens (tertiary/aromatic N) is 2. The summed E-state index contributed by atoms with van der Waals surface area (Å²) < 4.78 is 4.88. The maximum atomic E-state index is 14.5. The van der Waals surface area contributed by atoms with Gasteiger partial charge in [0.1, 0.15) is 6.04 Å². The zero-order chi connectivity index (χ0) is 28.4. The van der Waals surface area contributed by atoms with Crippen LogP contribution in [-0.4, -0.2) is 75.0 Å². The van der Waals surface area contributed by atoms with E-state index in [-0.39, 0.29) is 47.6 Å². The lowest BCUT2D eigenvalue weighted by molar-refractivity contribution is -0.154. The van der Waals surface area contributed by atoms with Gasteiger partial charge in [0, 0.05) is 28.9 Å². The van der Waals surface area contributed by atoms with E-state index in [1.807, 2.05) is 48.5 Å². The first-order chi connectivity index (χ1) is 19.4. The molecule has 5 rings (SSSR count). The average Bonchev–Trinajstić information content (AvgIpc) is 3.54. The second kappa shape index (κ2) is 12.1. The number of hydrogen-bond donors (Lipinski definition) is 1. The van der Waals surface area contributed by atoms with Crippen molar-refractivity contribution in [2.24, 2.45) is 11.8 Å². The third-order valence-electron chi connectivity index (χ3n) is 8.31. The van der Waals surface area contributed by atoms with Gasteiger partial charge in [0.25, 0.3) is 5.91 Å². The molecular weight excluding hydrogens is 592 g/mol. The number of amides is 2. The van der Waals surface area contributed by atoms with Gasteiger partial charge >= 0.3 is 5.97 Å². The first-order valence-corrected chi connectivity index (χ1v) is 15.6. The molecule has 3 saturated heterocycles. The highest BCUT2D eigenvalue weighted by atomic mass is 79.9. The summed E-state index contributed by atoms with van der Waals surface area (Å²) in [6, 6.07) is 13.0. The highest BCUT2D eigenvalue weighted by Crippen LogP contribution is 2.68. The molecule has 3 fully saturated rings. The van der Waals surface area contributed by atoms with Gasteiger partial charge in [0.2, 0.25) is 5.91 Å². The summed E-state index contributed by atoms with van der Waals surface area (Å²) in [6.07, 6.45) is 6.54. The molecule has 0 aliphatic carbocycles. The van der Waals surface area contributed by atoms with Crippen molar-refractivity contribution in [3.05, 3.63) is 67.8 Å². The number of fused-ring (bicyclic) bond motifs is 2. The van der Waals surface area contributed by atoms with Gasteiger partial charge in [-0.25, -0.2) is 0 Å². The van der Waals surface area contributed by atoms with E-state index in [1.165, 1.54) is 4.90 Å². The summed E-state index contributed by atoms with van der Waals surface area (Å²) in [4.78, 5) is 45.1. The van der Waals surface area contributed by atoms with E-state index in [2.05, 4.69) is 29.1 Å². The van der Waals surface area contributed by atoms with Crippen molar-refractivity contribution in [1.29, 1.82) is 0 Å². The summed E-state index contributed by atoms with van der Waals surface area (Å²) in [5.41, 5.74) is 0.711. The Hall–Kier alpha value is -2.62. The van der Waals surface area contributed by atoms with Gasteiger partial charge in [-0.2, -0.15) is 0 Å². The van der Waals surface area contributed by atoms with Gasteiger partial charge in [-0.15, -0.1) is 24.9 Å². The number of carbonyl (C=O) groups is 3. The second-order valence-electron chi connectivity index (χ2n) is 10.6. The smallest absolute Gasteiger partial charge is 0.310 e. The third kappa shape index (κ3) is 4.90. The summed E-state index contributed by atoms with van der Waals surface area (Å²) >= 11 is 5.34. The number of allylic oxidation sites excluding steroid dienone is 1. The van der Waals surface area contributed by atoms with Crippen molar-refractivity contribution in [2.45, 2.75) is 46.5 Å². The van der Waals surface area contributed by atoms with Crippen LogP contribution in [0, 0.1) is 11.8 Å². The second-order valence-corrected chi connectivity index (χ2v) is 13.4. The molecule has 2 aromatic rings. The van der Waals surface area contributed by atoms with E-state index in [9.17, 15) is 19.5 Å². The number of halogens is 1. The van der Waals surface area contributed by atoms with E-state index in [0.29, 0.717) is 18.7 Å². The Labute approximate surface area is 247 Å². The van der Waals surface area contributed by atoms with Crippen LogP contribution in [0.1, 0.15) is 25.7 Å². The van der Waals surface area contributed by atoms with Gasteiger partial charge in [-0.3, -0.25) is 14.4 Å². The Kier molecular flexibility index (Phi) is 8.73. The van der Waals surface area contributed by atoms with E-state index in [4.69, 9.17) is 4.74 Å². The third-order valence-corrected chi connectivity index (χ3v) is 11.5. The number of benzene rings is 2. The molecule has 1 N–H and O–H groups in total. The number of rotatable bonds is 12. The summed E-state index contributed by atoms with van der Waals surface area (Å²) in [5.74, 6) is -2.20. The number of esters is 1. The number of unbranched alkanes of at least 4 members (excludes halogenated alkanes) is 2. The van der Waals surface area contributed by atoms with Crippen LogP contribution in [0.25, 0.3) is 10.8 Å². The summed E-state index contributed by atoms with van der Waals surface area (Å²) in [7, 11) is 0. The highest BCUT2D eigenvalue weighted by Gasteiger charge is 2.76. The molecule has 212 valence electrons. The van der Waals surface area contributed by atoms with Crippen LogP contribution in [0.2, 0.25) is 0 Å². The first kappa shape index (κ1) is 28.9. The molecule has 3 aliphatic rings. The van der Waals surface area contributed by atoms with E-state index in [0.717, 1.165) is 30.0 Å². The quantitative estimate of drug-likeness (QED) is 0.159. The number of thioether (sulfide) groups is 1. The zero-order valence-electron chi connectivity index (χ0n) is 22.4. The van der Waals surface area contributed by atoms with Gasteiger partial charge in [0.15, 0.2) is 0 Å². The lowest BCUT2D eigenvalue weighted by Gasteiger charge is -2.37. The Morgan fingerprint density at radius 3 is 2.67 bits per heavy atom. The number of ether oxygens (including phenoxy) is 1. The van der Waals surface area contributed by atoms with Crippen LogP contribution < -0.4 is 4.90 Å². The van der Waals surface area contributed by atoms with Crippen molar-refractivity contribution in [1.82, 2.24) is 4.90 Å². The maximum Gasteiger partial charge on any atom is 0.310 e. The van der Waals surface area contributed by atoms with E-state index < -0.39 is 22.6 Å². The minimum Gasteiger partial charge on any atom is -0.465 e. The van der Waals surface area contributed by atoms with Crippen molar-refractivity contribution in [3.63, 3.8) is 0 Å². The zero-order valence-corrected chi connectivity index (χ0v) is 24.8. The van der Waals surface area contributed by atoms with Crippen molar-refractivity contribution >= 4 is 61.9 Å². The highest BCUT2D eigenvalue weighted by molar-refractivity contribution is 9.09. The molecule has 0 radical (unpaired) electrons. The van der Waals surface area contributed by atoms with Crippen LogP contribution in [0.15, 0.2) is 67.8 Å². The average molecular weight is 628 g/mol. The number of anilines is 1. The number of hydrogen-bond acceptors (Lipinski definition) is 6.